The maximum Gasteiger partial charge on any atom is 0.314 e. The Morgan fingerprint density at radius 1 is 1.37 bits per heavy atom. The Kier molecular flexibility index (Phi) is 4.12. The highest BCUT2D eigenvalue weighted by Gasteiger charge is 2.23. The number of aromatic nitrogens is 2. The number of carboxylic acid groups (broad SMARTS) is 1. The molecular formula is C14H13ClN2O2. The third kappa shape index (κ3) is 3.51. The van der Waals surface area contributed by atoms with E-state index in [4.69, 9.17) is 11.6 Å². The number of nitrogens with zero attached hydrogens (tertiary/aromatic N) is 2. The molecule has 1 N–H and O–H groups in total. The summed E-state index contributed by atoms with van der Waals surface area (Å²) in [7, 11) is 0. The van der Waals surface area contributed by atoms with Gasteiger partial charge in [0.15, 0.2) is 0 Å². The molecule has 1 aromatic heterocycles. The van der Waals surface area contributed by atoms with E-state index in [9.17, 15) is 9.90 Å². The number of halogens is 1. The summed E-state index contributed by atoms with van der Waals surface area (Å²) in [5.74, 6) is -1.43. The van der Waals surface area contributed by atoms with Crippen LogP contribution in [0.15, 0.2) is 36.7 Å². The molecule has 0 radical (unpaired) electrons. The summed E-state index contributed by atoms with van der Waals surface area (Å²) in [4.78, 5) is 19.4. The van der Waals surface area contributed by atoms with Crippen LogP contribution < -0.4 is 0 Å². The molecule has 2 rings (SSSR count). The Morgan fingerprint density at radius 2 is 2.05 bits per heavy atom. The molecule has 0 saturated carbocycles. The number of aryl methyl sites for hydroxylation is 1. The summed E-state index contributed by atoms with van der Waals surface area (Å²) < 4.78 is 0. The average molecular weight is 277 g/mol. The van der Waals surface area contributed by atoms with Crippen molar-refractivity contribution in [3.05, 3.63) is 58.6 Å². The summed E-state index contributed by atoms with van der Waals surface area (Å²) in [6, 6.07) is 7.75. The molecule has 1 heterocycles. The van der Waals surface area contributed by atoms with Crippen LogP contribution in [0.3, 0.4) is 0 Å². The summed E-state index contributed by atoms with van der Waals surface area (Å²) in [5, 5.41) is 9.71. The quantitative estimate of drug-likeness (QED) is 0.933. The molecule has 0 amide bonds. The van der Waals surface area contributed by atoms with Crippen molar-refractivity contribution < 1.29 is 9.90 Å². The predicted octanol–water partition coefficient (Wildman–Crippen LogP) is 2.85. The fourth-order valence-electron chi connectivity index (χ4n) is 1.87. The van der Waals surface area contributed by atoms with E-state index in [1.54, 1.807) is 0 Å². The van der Waals surface area contributed by atoms with Gasteiger partial charge >= 0.3 is 5.97 Å². The van der Waals surface area contributed by atoms with Crippen LogP contribution in [0.2, 0.25) is 5.02 Å². The molecule has 2 aromatic rings. The van der Waals surface area contributed by atoms with Gasteiger partial charge in [-0.1, -0.05) is 41.4 Å². The first-order chi connectivity index (χ1) is 9.06. The highest BCUT2D eigenvalue weighted by molar-refractivity contribution is 6.30. The molecule has 0 aliphatic carbocycles. The van der Waals surface area contributed by atoms with Gasteiger partial charge in [-0.25, -0.2) is 9.97 Å². The monoisotopic (exact) mass is 276 g/mol. The zero-order chi connectivity index (χ0) is 13.8. The average Bonchev–Trinajstić information content (AvgIpc) is 2.37. The zero-order valence-electron chi connectivity index (χ0n) is 10.4. The van der Waals surface area contributed by atoms with Crippen LogP contribution in [0.5, 0.6) is 0 Å². The van der Waals surface area contributed by atoms with E-state index in [1.165, 1.54) is 12.4 Å². The fourth-order valence-corrected chi connectivity index (χ4v) is 1.96. The minimum atomic E-state index is -0.941. The lowest BCUT2D eigenvalue weighted by atomic mass is 9.97. The first kappa shape index (κ1) is 13.5. The molecule has 0 saturated heterocycles. The Hall–Kier alpha value is -1.94. The minimum Gasteiger partial charge on any atom is -0.481 e. The number of benzene rings is 1. The molecule has 98 valence electrons. The predicted molar refractivity (Wildman–Crippen MR) is 72.3 cm³/mol. The van der Waals surface area contributed by atoms with Crippen molar-refractivity contribution >= 4 is 17.6 Å². The molecule has 19 heavy (non-hydrogen) atoms. The van der Waals surface area contributed by atoms with Crippen molar-refractivity contribution in [1.82, 2.24) is 9.97 Å². The fraction of sp³-hybridized carbons (Fsp3) is 0.214. The molecular weight excluding hydrogens is 264 g/mol. The SMILES string of the molecule is Cc1cccc(CC(C(=O)O)c2ncc(Cl)cn2)c1. The molecule has 0 spiro atoms. The van der Waals surface area contributed by atoms with Gasteiger partial charge in [0.1, 0.15) is 11.7 Å². The normalized spacial score (nSPS) is 12.1. The molecule has 1 aromatic carbocycles. The van der Waals surface area contributed by atoms with Crippen LogP contribution in [0.1, 0.15) is 22.9 Å². The zero-order valence-corrected chi connectivity index (χ0v) is 11.1. The lowest BCUT2D eigenvalue weighted by Gasteiger charge is -2.11. The first-order valence-corrected chi connectivity index (χ1v) is 6.20. The summed E-state index contributed by atoms with van der Waals surface area (Å²) in [5.41, 5.74) is 2.05. The lowest BCUT2D eigenvalue weighted by Crippen LogP contribution is -2.17. The second kappa shape index (κ2) is 5.80. The van der Waals surface area contributed by atoms with Gasteiger partial charge in [-0.15, -0.1) is 0 Å². The van der Waals surface area contributed by atoms with E-state index in [-0.39, 0.29) is 5.82 Å². The minimum absolute atomic E-state index is 0.276. The number of hydrogen-bond donors (Lipinski definition) is 1. The summed E-state index contributed by atoms with van der Waals surface area (Å²) in [6.07, 6.45) is 3.19. The standard InChI is InChI=1S/C14H13ClN2O2/c1-9-3-2-4-10(5-9)6-12(14(18)19)13-16-7-11(15)8-17-13/h2-5,7-8,12H,6H2,1H3,(H,18,19). The Morgan fingerprint density at radius 3 is 2.63 bits per heavy atom. The molecule has 0 aliphatic rings. The van der Waals surface area contributed by atoms with Crippen molar-refractivity contribution in [2.75, 3.05) is 0 Å². The Bertz CT molecular complexity index is 584. The van der Waals surface area contributed by atoms with Crippen LogP contribution in [0, 0.1) is 6.92 Å². The smallest absolute Gasteiger partial charge is 0.314 e. The van der Waals surface area contributed by atoms with Crippen LogP contribution in [0.25, 0.3) is 0 Å². The third-order valence-corrected chi connectivity index (χ3v) is 2.97. The van der Waals surface area contributed by atoms with Crippen molar-refractivity contribution in [1.29, 1.82) is 0 Å². The van der Waals surface area contributed by atoms with E-state index in [0.717, 1.165) is 11.1 Å². The maximum atomic E-state index is 11.4. The van der Waals surface area contributed by atoms with Gasteiger partial charge in [0.25, 0.3) is 0 Å². The second-order valence-electron chi connectivity index (χ2n) is 4.34. The van der Waals surface area contributed by atoms with Crippen molar-refractivity contribution in [2.24, 2.45) is 0 Å². The number of carbonyl (C=O) groups is 1. The topological polar surface area (TPSA) is 63.1 Å². The number of aliphatic carboxylic acids is 1. The molecule has 4 nitrogen and oxygen atoms in total. The Balaban J connectivity index is 2.26. The van der Waals surface area contributed by atoms with Crippen molar-refractivity contribution in [3.8, 4) is 0 Å². The number of carboxylic acids is 1. The number of hydrogen-bond acceptors (Lipinski definition) is 3. The van der Waals surface area contributed by atoms with Gasteiger partial charge in [0.2, 0.25) is 0 Å². The molecule has 0 fully saturated rings. The molecule has 0 bridgehead atoms. The van der Waals surface area contributed by atoms with E-state index < -0.39 is 11.9 Å². The number of rotatable bonds is 4. The molecule has 0 aliphatic heterocycles. The lowest BCUT2D eigenvalue weighted by molar-refractivity contribution is -0.139. The summed E-state index contributed by atoms with van der Waals surface area (Å²) in [6.45, 7) is 1.97. The van der Waals surface area contributed by atoms with Crippen LogP contribution >= 0.6 is 11.6 Å². The molecule has 1 unspecified atom stereocenters. The van der Waals surface area contributed by atoms with Crippen LogP contribution in [0.4, 0.5) is 0 Å². The van der Waals surface area contributed by atoms with Crippen LogP contribution in [-0.2, 0) is 11.2 Å². The van der Waals surface area contributed by atoms with Gasteiger partial charge in [0, 0.05) is 12.4 Å². The highest BCUT2D eigenvalue weighted by atomic mass is 35.5. The van der Waals surface area contributed by atoms with Gasteiger partial charge in [-0.2, -0.15) is 0 Å². The van der Waals surface area contributed by atoms with Crippen molar-refractivity contribution in [2.45, 2.75) is 19.3 Å². The third-order valence-electron chi connectivity index (χ3n) is 2.77. The molecule has 1 atom stereocenters. The maximum absolute atomic E-state index is 11.4. The van der Waals surface area contributed by atoms with E-state index >= 15 is 0 Å². The van der Waals surface area contributed by atoms with Gasteiger partial charge in [0.05, 0.1) is 5.02 Å². The van der Waals surface area contributed by atoms with E-state index in [2.05, 4.69) is 9.97 Å². The van der Waals surface area contributed by atoms with E-state index in [1.807, 2.05) is 31.2 Å². The van der Waals surface area contributed by atoms with Gasteiger partial charge < -0.3 is 5.11 Å². The van der Waals surface area contributed by atoms with Gasteiger partial charge in [-0.05, 0) is 18.9 Å². The van der Waals surface area contributed by atoms with E-state index in [0.29, 0.717) is 11.4 Å². The molecule has 5 heteroatoms. The van der Waals surface area contributed by atoms with Crippen LogP contribution in [-0.4, -0.2) is 21.0 Å². The second-order valence-corrected chi connectivity index (χ2v) is 4.78. The largest absolute Gasteiger partial charge is 0.481 e. The summed E-state index contributed by atoms with van der Waals surface area (Å²) >= 11 is 5.70. The Labute approximate surface area is 116 Å². The van der Waals surface area contributed by atoms with Gasteiger partial charge in [-0.3, -0.25) is 4.79 Å². The highest BCUT2D eigenvalue weighted by Crippen LogP contribution is 2.19. The van der Waals surface area contributed by atoms with Crippen molar-refractivity contribution in [3.63, 3.8) is 0 Å². The first-order valence-electron chi connectivity index (χ1n) is 5.82.